The van der Waals surface area contributed by atoms with E-state index in [-0.39, 0.29) is 0 Å². The zero-order valence-corrected chi connectivity index (χ0v) is 9.82. The molecule has 0 spiro atoms. The number of benzene rings is 1. The van der Waals surface area contributed by atoms with Crippen molar-refractivity contribution in [2.75, 3.05) is 0 Å². The first kappa shape index (κ1) is 9.88. The highest BCUT2D eigenvalue weighted by atomic mass is 15.1. The number of hydrogen-bond donors (Lipinski definition) is 0. The molecule has 0 atom stereocenters. The van der Waals surface area contributed by atoms with Crippen molar-refractivity contribution in [2.24, 2.45) is 5.92 Å². The second kappa shape index (κ2) is 3.93. The highest BCUT2D eigenvalue weighted by Crippen LogP contribution is 2.32. The maximum Gasteiger partial charge on any atom is 0.109 e. The molecular weight excluding hydrogens is 196 g/mol. The van der Waals surface area contributed by atoms with E-state index in [9.17, 15) is 0 Å². The van der Waals surface area contributed by atoms with Gasteiger partial charge in [0, 0.05) is 13.0 Å². The fourth-order valence-electron chi connectivity index (χ4n) is 2.30. The fraction of sp³-hybridized carbons (Fsp3) is 0.500. The summed E-state index contributed by atoms with van der Waals surface area (Å²) >= 11 is 0. The molecule has 3 rings (SSSR count). The number of aromatic nitrogens is 2. The van der Waals surface area contributed by atoms with Gasteiger partial charge in [0.15, 0.2) is 0 Å². The summed E-state index contributed by atoms with van der Waals surface area (Å²) < 4.78 is 2.44. The molecule has 0 saturated heterocycles. The normalized spacial score (nSPS) is 15.8. The van der Waals surface area contributed by atoms with Gasteiger partial charge in [0.05, 0.1) is 11.0 Å². The van der Waals surface area contributed by atoms with Crippen LogP contribution in [0, 0.1) is 5.92 Å². The molecule has 0 aliphatic heterocycles. The van der Waals surface area contributed by atoms with Crippen molar-refractivity contribution in [3.63, 3.8) is 0 Å². The minimum atomic E-state index is 0.910. The smallest absolute Gasteiger partial charge is 0.109 e. The van der Waals surface area contributed by atoms with Gasteiger partial charge in [-0.25, -0.2) is 4.98 Å². The van der Waals surface area contributed by atoms with E-state index < -0.39 is 0 Å². The number of hydrogen-bond acceptors (Lipinski definition) is 1. The Morgan fingerprint density at radius 2 is 2.12 bits per heavy atom. The Hall–Kier alpha value is -1.31. The lowest BCUT2D eigenvalue weighted by molar-refractivity contribution is 0.605. The summed E-state index contributed by atoms with van der Waals surface area (Å²) in [6, 6.07) is 8.51. The third-order valence-electron chi connectivity index (χ3n) is 3.34. The van der Waals surface area contributed by atoms with Crippen molar-refractivity contribution in [1.82, 2.24) is 9.55 Å². The van der Waals surface area contributed by atoms with Crippen LogP contribution in [-0.2, 0) is 13.0 Å². The second-order valence-corrected chi connectivity index (χ2v) is 4.82. The molecule has 2 nitrogen and oxygen atoms in total. The summed E-state index contributed by atoms with van der Waals surface area (Å²) in [5.41, 5.74) is 2.48. The van der Waals surface area contributed by atoms with E-state index in [4.69, 9.17) is 4.98 Å². The Labute approximate surface area is 96.3 Å². The molecule has 0 amide bonds. The molecule has 1 saturated carbocycles. The molecule has 84 valence electrons. The predicted molar refractivity (Wildman–Crippen MR) is 66.5 cm³/mol. The quantitative estimate of drug-likeness (QED) is 0.762. The van der Waals surface area contributed by atoms with Gasteiger partial charge >= 0.3 is 0 Å². The van der Waals surface area contributed by atoms with Gasteiger partial charge < -0.3 is 4.57 Å². The molecule has 1 fully saturated rings. The summed E-state index contributed by atoms with van der Waals surface area (Å²) in [6.07, 6.45) is 5.07. The van der Waals surface area contributed by atoms with E-state index in [2.05, 4.69) is 35.8 Å². The highest BCUT2D eigenvalue weighted by molar-refractivity contribution is 5.75. The Kier molecular flexibility index (Phi) is 2.43. The first-order valence-corrected chi connectivity index (χ1v) is 6.32. The molecule has 2 heteroatoms. The van der Waals surface area contributed by atoms with E-state index in [0.717, 1.165) is 17.9 Å². The molecule has 0 unspecified atom stereocenters. The molecule has 1 aromatic heterocycles. The Morgan fingerprint density at radius 3 is 2.88 bits per heavy atom. The van der Waals surface area contributed by atoms with Crippen LogP contribution in [0.5, 0.6) is 0 Å². The molecule has 0 radical (unpaired) electrons. The number of aryl methyl sites for hydroxylation is 1. The van der Waals surface area contributed by atoms with Crippen LogP contribution in [0.4, 0.5) is 0 Å². The summed E-state index contributed by atoms with van der Waals surface area (Å²) in [4.78, 5) is 4.75. The van der Waals surface area contributed by atoms with Gasteiger partial charge in [0.25, 0.3) is 0 Å². The van der Waals surface area contributed by atoms with E-state index in [1.165, 1.54) is 37.1 Å². The zero-order chi connectivity index (χ0) is 11.0. The van der Waals surface area contributed by atoms with E-state index in [0.29, 0.717) is 0 Å². The third-order valence-corrected chi connectivity index (χ3v) is 3.34. The van der Waals surface area contributed by atoms with E-state index in [1.807, 2.05) is 0 Å². The van der Waals surface area contributed by atoms with E-state index >= 15 is 0 Å². The number of para-hydroxylation sites is 2. The summed E-state index contributed by atoms with van der Waals surface area (Å²) in [5, 5.41) is 0. The topological polar surface area (TPSA) is 17.8 Å². The standard InChI is InChI=1S/C14H18N2/c1-2-5-14-15-12-6-3-4-7-13(12)16(14)10-11-8-9-11/h3-4,6-7,11H,2,5,8-10H2,1H3. The lowest BCUT2D eigenvalue weighted by Gasteiger charge is -2.07. The number of nitrogens with zero attached hydrogens (tertiary/aromatic N) is 2. The summed E-state index contributed by atoms with van der Waals surface area (Å²) in [5.74, 6) is 2.18. The van der Waals surface area contributed by atoms with Gasteiger partial charge in [-0.1, -0.05) is 19.1 Å². The van der Waals surface area contributed by atoms with Gasteiger partial charge in [0.2, 0.25) is 0 Å². The second-order valence-electron chi connectivity index (χ2n) is 4.82. The molecule has 16 heavy (non-hydrogen) atoms. The molecular formula is C14H18N2. The monoisotopic (exact) mass is 214 g/mol. The van der Waals surface area contributed by atoms with Crippen LogP contribution >= 0.6 is 0 Å². The molecule has 1 aliphatic rings. The maximum atomic E-state index is 4.75. The predicted octanol–water partition coefficient (Wildman–Crippen LogP) is 3.40. The fourth-order valence-corrected chi connectivity index (χ4v) is 2.30. The minimum absolute atomic E-state index is 0.910. The maximum absolute atomic E-state index is 4.75. The van der Waals surface area contributed by atoms with Gasteiger partial charge in [-0.3, -0.25) is 0 Å². The number of fused-ring (bicyclic) bond motifs is 1. The average Bonchev–Trinajstić information content (AvgIpc) is 3.04. The van der Waals surface area contributed by atoms with Crippen LogP contribution in [0.3, 0.4) is 0 Å². The van der Waals surface area contributed by atoms with Crippen molar-refractivity contribution in [3.05, 3.63) is 30.1 Å². The van der Waals surface area contributed by atoms with Gasteiger partial charge in [0.1, 0.15) is 5.82 Å². The zero-order valence-electron chi connectivity index (χ0n) is 9.82. The molecule has 1 aliphatic carbocycles. The van der Waals surface area contributed by atoms with Crippen LogP contribution in [-0.4, -0.2) is 9.55 Å². The Bertz CT molecular complexity index is 494. The van der Waals surface area contributed by atoms with Crippen LogP contribution in [0.15, 0.2) is 24.3 Å². The van der Waals surface area contributed by atoms with Crippen LogP contribution in [0.2, 0.25) is 0 Å². The lowest BCUT2D eigenvalue weighted by Crippen LogP contribution is -2.05. The SMILES string of the molecule is CCCc1nc2ccccc2n1CC1CC1. The highest BCUT2D eigenvalue weighted by Gasteiger charge is 2.23. The minimum Gasteiger partial charge on any atom is -0.328 e. The van der Waals surface area contributed by atoms with Crippen molar-refractivity contribution in [3.8, 4) is 0 Å². The first-order valence-electron chi connectivity index (χ1n) is 6.32. The Morgan fingerprint density at radius 1 is 1.31 bits per heavy atom. The molecule has 2 aromatic rings. The number of rotatable bonds is 4. The third kappa shape index (κ3) is 1.73. The van der Waals surface area contributed by atoms with Gasteiger partial charge in [-0.05, 0) is 37.3 Å². The molecule has 1 heterocycles. The first-order chi connectivity index (χ1) is 7.88. The lowest BCUT2D eigenvalue weighted by atomic mass is 10.3. The summed E-state index contributed by atoms with van der Waals surface area (Å²) in [6.45, 7) is 3.40. The van der Waals surface area contributed by atoms with Crippen molar-refractivity contribution < 1.29 is 0 Å². The molecule has 0 bridgehead atoms. The largest absolute Gasteiger partial charge is 0.328 e. The molecule has 1 aromatic carbocycles. The van der Waals surface area contributed by atoms with Gasteiger partial charge in [-0.2, -0.15) is 0 Å². The van der Waals surface area contributed by atoms with Gasteiger partial charge in [-0.15, -0.1) is 0 Å². The van der Waals surface area contributed by atoms with Crippen molar-refractivity contribution >= 4 is 11.0 Å². The van der Waals surface area contributed by atoms with Crippen LogP contribution < -0.4 is 0 Å². The number of imidazole rings is 1. The van der Waals surface area contributed by atoms with E-state index in [1.54, 1.807) is 0 Å². The van der Waals surface area contributed by atoms with Crippen molar-refractivity contribution in [1.29, 1.82) is 0 Å². The van der Waals surface area contributed by atoms with Crippen molar-refractivity contribution in [2.45, 2.75) is 39.2 Å². The summed E-state index contributed by atoms with van der Waals surface area (Å²) in [7, 11) is 0. The van der Waals surface area contributed by atoms with Crippen LogP contribution in [0.1, 0.15) is 32.0 Å². The van der Waals surface area contributed by atoms with Crippen LogP contribution in [0.25, 0.3) is 11.0 Å². The average molecular weight is 214 g/mol. The Balaban J connectivity index is 2.06. The molecule has 0 N–H and O–H groups in total.